The zero-order valence-corrected chi connectivity index (χ0v) is 17.2. The van der Waals surface area contributed by atoms with Crippen molar-refractivity contribution in [3.05, 3.63) is 83.9 Å². The molecule has 0 radical (unpaired) electrons. The third-order valence-corrected chi connectivity index (χ3v) is 4.21. The van der Waals surface area contributed by atoms with E-state index >= 15 is 0 Å². The van der Waals surface area contributed by atoms with Crippen LogP contribution in [-0.4, -0.2) is 40.9 Å². The van der Waals surface area contributed by atoms with Gasteiger partial charge in [0.2, 0.25) is 5.91 Å². The highest BCUT2D eigenvalue weighted by Crippen LogP contribution is 2.03. The van der Waals surface area contributed by atoms with E-state index in [-0.39, 0.29) is 0 Å². The van der Waals surface area contributed by atoms with Crippen molar-refractivity contribution in [2.45, 2.75) is 0 Å². The molecule has 0 aromatic heterocycles. The maximum atomic E-state index is 11.4. The summed E-state index contributed by atoms with van der Waals surface area (Å²) in [6.07, 6.45) is 2.03. The fourth-order valence-corrected chi connectivity index (χ4v) is 2.24. The molecule has 2 aromatic carbocycles. The van der Waals surface area contributed by atoms with Crippen LogP contribution in [0, 0.1) is 0 Å². The number of amides is 2. The van der Waals surface area contributed by atoms with Crippen molar-refractivity contribution in [3.63, 3.8) is 0 Å². The molecule has 4 N–H and O–H groups in total. The van der Waals surface area contributed by atoms with Gasteiger partial charge in [-0.15, -0.1) is 0 Å². The van der Waals surface area contributed by atoms with Gasteiger partial charge in [-0.3, -0.25) is 20.0 Å². The van der Waals surface area contributed by atoms with Crippen LogP contribution in [0.3, 0.4) is 0 Å². The van der Waals surface area contributed by atoms with E-state index in [2.05, 4.69) is 10.7 Å². The van der Waals surface area contributed by atoms with Crippen molar-refractivity contribution >= 4 is 46.2 Å². The van der Waals surface area contributed by atoms with Gasteiger partial charge in [0.05, 0.1) is 0 Å². The lowest BCUT2D eigenvalue weighted by molar-refractivity contribution is -0.119. The van der Waals surface area contributed by atoms with Gasteiger partial charge in [0, 0.05) is 37.4 Å². The number of benzene rings is 2. The van der Waals surface area contributed by atoms with E-state index in [0.717, 1.165) is 28.3 Å². The summed E-state index contributed by atoms with van der Waals surface area (Å²) in [4.78, 5) is 23.1. The molecule has 0 aliphatic carbocycles. The Morgan fingerprint density at radius 3 is 1.89 bits per heavy atom. The van der Waals surface area contributed by atoms with Crippen molar-refractivity contribution in [1.82, 2.24) is 15.8 Å². The number of hydrogen-bond donors (Lipinski definition) is 3. The highest BCUT2D eigenvalue weighted by Gasteiger charge is 2.08. The Balaban J connectivity index is 0.000000330. The molecule has 6 nitrogen and oxygen atoms in total. The minimum Gasteiger partial charge on any atom is -0.379 e. The Morgan fingerprint density at radius 1 is 0.929 bits per heavy atom. The Labute approximate surface area is 175 Å². The first-order valence-corrected chi connectivity index (χ1v) is 9.05. The quantitative estimate of drug-likeness (QED) is 0.403. The first kappa shape index (κ1) is 22.9. The van der Waals surface area contributed by atoms with Gasteiger partial charge in [0.15, 0.2) is 0 Å². The zero-order chi connectivity index (χ0) is 20.9. The van der Waals surface area contributed by atoms with Gasteiger partial charge in [-0.05, 0) is 0 Å². The lowest BCUT2D eigenvalue weighted by Crippen LogP contribution is -2.42. The zero-order valence-electron chi connectivity index (χ0n) is 15.6. The fourth-order valence-electron chi connectivity index (χ4n) is 1.92. The van der Waals surface area contributed by atoms with Crippen LogP contribution in [-0.2, 0) is 9.59 Å². The summed E-state index contributed by atoms with van der Waals surface area (Å²) in [7, 11) is 3.45. The smallest absolute Gasteiger partial charge is 0.262 e. The molecule has 8 heteroatoms. The van der Waals surface area contributed by atoms with Crippen LogP contribution in [0.25, 0.3) is 0 Å². The van der Waals surface area contributed by atoms with E-state index in [9.17, 15) is 9.59 Å². The number of carbonyl (C=O) groups excluding carboxylic acids is 2. The van der Waals surface area contributed by atoms with Gasteiger partial charge in [-0.1, -0.05) is 85.1 Å². The number of rotatable bonds is 4. The van der Waals surface area contributed by atoms with Crippen molar-refractivity contribution in [3.8, 4) is 0 Å². The van der Waals surface area contributed by atoms with E-state index in [1.165, 1.54) is 5.01 Å². The molecule has 0 atom stereocenters. The van der Waals surface area contributed by atoms with Crippen molar-refractivity contribution in [2.24, 2.45) is 5.73 Å². The molecule has 0 saturated carbocycles. The average molecular weight is 415 g/mol. The van der Waals surface area contributed by atoms with E-state index in [1.807, 2.05) is 67.7 Å². The summed E-state index contributed by atoms with van der Waals surface area (Å²) in [5, 5.41) is 4.31. The maximum Gasteiger partial charge on any atom is 0.262 e. The molecule has 0 aliphatic rings. The van der Waals surface area contributed by atoms with Crippen molar-refractivity contribution in [2.75, 3.05) is 14.1 Å². The van der Waals surface area contributed by atoms with Gasteiger partial charge in [0.1, 0.15) is 9.98 Å². The summed E-state index contributed by atoms with van der Waals surface area (Å²) in [5.41, 5.74) is 9.25. The SMILES string of the molecule is CN(NC(=O)/C=C\C(N)=O)C(=S)c1ccccc1.CNC(=S)c1ccccc1. The van der Waals surface area contributed by atoms with Gasteiger partial charge in [-0.25, -0.2) is 0 Å². The third kappa shape index (κ3) is 8.52. The van der Waals surface area contributed by atoms with Gasteiger partial charge in [-0.2, -0.15) is 0 Å². The standard InChI is InChI=1S/C12H13N3O2S.C8H9NS/c1-15(14-11(17)8-7-10(13)16)12(18)9-5-3-2-4-6-9;1-9-8(10)7-5-3-2-4-6-7/h2-8H,1H3,(H2,13,16)(H,14,17);2-6H,1H3,(H,9,10)/b8-7-;. The molecule has 28 heavy (non-hydrogen) atoms. The van der Waals surface area contributed by atoms with Crippen LogP contribution in [0.1, 0.15) is 11.1 Å². The molecule has 2 rings (SSSR count). The Morgan fingerprint density at radius 2 is 1.43 bits per heavy atom. The highest BCUT2D eigenvalue weighted by molar-refractivity contribution is 7.81. The predicted molar refractivity (Wildman–Crippen MR) is 120 cm³/mol. The van der Waals surface area contributed by atoms with Crippen LogP contribution in [0.2, 0.25) is 0 Å². The molecule has 0 aliphatic heterocycles. The van der Waals surface area contributed by atoms with Crippen LogP contribution < -0.4 is 16.5 Å². The maximum absolute atomic E-state index is 11.4. The average Bonchev–Trinajstić information content (AvgIpc) is 2.72. The third-order valence-electron chi connectivity index (χ3n) is 3.27. The summed E-state index contributed by atoms with van der Waals surface area (Å²) < 4.78 is 0. The molecule has 2 amide bonds. The molecular formula is C20H22N4O2S2. The summed E-state index contributed by atoms with van der Waals surface area (Å²) in [5.74, 6) is -1.16. The van der Waals surface area contributed by atoms with Crippen molar-refractivity contribution in [1.29, 1.82) is 0 Å². The Bertz CT molecular complexity index is 840. The minimum absolute atomic E-state index is 0.469. The molecule has 0 bridgehead atoms. The molecule has 146 valence electrons. The minimum atomic E-state index is -0.682. The van der Waals surface area contributed by atoms with Crippen LogP contribution >= 0.6 is 24.4 Å². The number of nitrogens with one attached hydrogen (secondary N) is 2. The molecule has 2 aromatic rings. The van der Waals surface area contributed by atoms with E-state index in [0.29, 0.717) is 4.99 Å². The number of hydrazine groups is 1. The number of primary amides is 1. The highest BCUT2D eigenvalue weighted by atomic mass is 32.1. The van der Waals surface area contributed by atoms with Crippen LogP contribution in [0.5, 0.6) is 0 Å². The van der Waals surface area contributed by atoms with Crippen LogP contribution in [0.15, 0.2) is 72.8 Å². The van der Waals surface area contributed by atoms with Gasteiger partial charge < -0.3 is 11.1 Å². The topological polar surface area (TPSA) is 87.5 Å². The summed E-state index contributed by atoms with van der Waals surface area (Å²) >= 11 is 10.2. The van der Waals surface area contributed by atoms with Gasteiger partial charge in [0.25, 0.3) is 5.91 Å². The monoisotopic (exact) mass is 414 g/mol. The number of nitrogens with two attached hydrogens (primary N) is 1. The second-order valence-corrected chi connectivity index (χ2v) is 6.18. The number of nitrogens with zero attached hydrogens (tertiary/aromatic N) is 1. The number of thiocarbonyl (C=S) groups is 2. The molecule has 0 saturated heterocycles. The predicted octanol–water partition coefficient (Wildman–Crippen LogP) is 1.95. The Hall–Kier alpha value is -3.10. The first-order chi connectivity index (χ1) is 13.3. The first-order valence-electron chi connectivity index (χ1n) is 8.23. The molecule has 0 unspecified atom stereocenters. The lowest BCUT2D eigenvalue weighted by Gasteiger charge is -2.20. The molecule has 0 fully saturated rings. The Kier molecular flexibility index (Phi) is 10.1. The number of hydrogen-bond acceptors (Lipinski definition) is 4. The lowest BCUT2D eigenvalue weighted by atomic mass is 10.2. The normalized spacial score (nSPS) is 9.64. The van der Waals surface area contributed by atoms with Crippen LogP contribution in [0.4, 0.5) is 0 Å². The van der Waals surface area contributed by atoms with E-state index in [1.54, 1.807) is 7.05 Å². The van der Waals surface area contributed by atoms with Gasteiger partial charge >= 0.3 is 0 Å². The van der Waals surface area contributed by atoms with E-state index in [4.69, 9.17) is 30.2 Å². The second kappa shape index (κ2) is 12.3. The summed E-state index contributed by atoms with van der Waals surface area (Å²) in [6, 6.07) is 19.1. The fraction of sp³-hybridized carbons (Fsp3) is 0.100. The largest absolute Gasteiger partial charge is 0.379 e. The number of carbonyl (C=O) groups is 2. The molecule has 0 spiro atoms. The van der Waals surface area contributed by atoms with E-state index < -0.39 is 11.8 Å². The second-order valence-electron chi connectivity index (χ2n) is 5.39. The molecule has 0 heterocycles. The molecular weight excluding hydrogens is 392 g/mol. The summed E-state index contributed by atoms with van der Waals surface area (Å²) in [6.45, 7) is 0. The van der Waals surface area contributed by atoms with Crippen molar-refractivity contribution < 1.29 is 9.59 Å².